The molecule has 1 aliphatic heterocycles. The molecule has 1 aliphatic rings. The molecule has 1 atom stereocenters. The van der Waals surface area contributed by atoms with Crippen molar-refractivity contribution in [3.63, 3.8) is 0 Å². The van der Waals surface area contributed by atoms with Crippen LogP contribution in [0, 0.1) is 12.7 Å². The van der Waals surface area contributed by atoms with Gasteiger partial charge in [0.2, 0.25) is 10.0 Å². The minimum absolute atomic E-state index is 0.0441. The lowest BCUT2D eigenvalue weighted by Crippen LogP contribution is -2.42. The summed E-state index contributed by atoms with van der Waals surface area (Å²) in [4.78, 5) is 12.7. The summed E-state index contributed by atoms with van der Waals surface area (Å²) in [5.41, 5.74) is 1.18. The summed E-state index contributed by atoms with van der Waals surface area (Å²) in [5, 5.41) is 2.64. The zero-order valence-electron chi connectivity index (χ0n) is 16.7. The predicted molar refractivity (Wildman–Crippen MR) is 109 cm³/mol. The van der Waals surface area contributed by atoms with Gasteiger partial charge < -0.3 is 10.1 Å². The number of anilines is 1. The lowest BCUT2D eigenvalue weighted by atomic mass is 10.1. The third kappa shape index (κ3) is 4.43. The first kappa shape index (κ1) is 21.3. The summed E-state index contributed by atoms with van der Waals surface area (Å²) in [6.45, 7) is 4.06. The monoisotopic (exact) mass is 420 g/mol. The molecule has 1 amide bonds. The van der Waals surface area contributed by atoms with Crippen molar-refractivity contribution < 1.29 is 22.3 Å². The third-order valence-electron chi connectivity index (χ3n) is 5.20. The average molecular weight is 421 g/mol. The van der Waals surface area contributed by atoms with Crippen molar-refractivity contribution in [1.29, 1.82) is 0 Å². The normalized spacial score (nSPS) is 17.7. The standard InChI is InChI=1S/C21H25FN2O4S/c1-14-7-9-17(22)13-18(14)23-21(25)16-8-10-19(28-3)20(12-16)29(26,27)24-11-5-4-6-15(24)2/h7-10,12-13,15H,4-6,11H2,1-3H3,(H,23,25). The summed E-state index contributed by atoms with van der Waals surface area (Å²) >= 11 is 0. The number of nitrogens with one attached hydrogen (secondary N) is 1. The van der Waals surface area contributed by atoms with Crippen molar-refractivity contribution >= 4 is 21.6 Å². The Bertz CT molecular complexity index is 1020. The van der Waals surface area contributed by atoms with Gasteiger partial charge in [-0.1, -0.05) is 12.5 Å². The number of hydrogen-bond donors (Lipinski definition) is 1. The van der Waals surface area contributed by atoms with Gasteiger partial charge in [-0.15, -0.1) is 0 Å². The SMILES string of the molecule is COc1ccc(C(=O)Nc2cc(F)ccc2C)cc1S(=O)(=O)N1CCCCC1C. The van der Waals surface area contributed by atoms with Crippen LogP contribution < -0.4 is 10.1 Å². The molecule has 0 bridgehead atoms. The number of halogens is 1. The molecule has 1 unspecified atom stereocenters. The first-order chi connectivity index (χ1) is 13.7. The van der Waals surface area contributed by atoms with Crippen LogP contribution in [-0.4, -0.2) is 38.3 Å². The number of sulfonamides is 1. The van der Waals surface area contributed by atoms with E-state index in [-0.39, 0.29) is 22.3 Å². The Morgan fingerprint density at radius 1 is 1.21 bits per heavy atom. The molecule has 8 heteroatoms. The van der Waals surface area contributed by atoms with Gasteiger partial charge in [0, 0.05) is 23.8 Å². The molecule has 1 N–H and O–H groups in total. The second kappa shape index (κ2) is 8.51. The highest BCUT2D eigenvalue weighted by Gasteiger charge is 2.33. The van der Waals surface area contributed by atoms with Crippen LogP contribution in [0.2, 0.25) is 0 Å². The van der Waals surface area contributed by atoms with Crippen molar-refractivity contribution in [1.82, 2.24) is 4.31 Å². The number of carbonyl (C=O) groups excluding carboxylic acids is 1. The van der Waals surface area contributed by atoms with Crippen LogP contribution in [0.1, 0.15) is 42.1 Å². The number of hydrogen-bond acceptors (Lipinski definition) is 4. The van der Waals surface area contributed by atoms with Gasteiger partial charge in [-0.05, 0) is 62.6 Å². The van der Waals surface area contributed by atoms with Crippen molar-refractivity contribution in [2.24, 2.45) is 0 Å². The largest absolute Gasteiger partial charge is 0.495 e. The van der Waals surface area contributed by atoms with Crippen molar-refractivity contribution in [2.75, 3.05) is 19.0 Å². The molecule has 156 valence electrons. The van der Waals surface area contributed by atoms with Gasteiger partial charge in [0.25, 0.3) is 5.91 Å². The Hall–Kier alpha value is -2.45. The predicted octanol–water partition coefficient (Wildman–Crippen LogP) is 3.96. The van der Waals surface area contributed by atoms with E-state index in [1.807, 2.05) is 6.92 Å². The molecule has 29 heavy (non-hydrogen) atoms. The smallest absolute Gasteiger partial charge is 0.255 e. The molecule has 0 aromatic heterocycles. The molecule has 2 aromatic rings. The van der Waals surface area contributed by atoms with Gasteiger partial charge >= 0.3 is 0 Å². The van der Waals surface area contributed by atoms with Crippen LogP contribution in [0.3, 0.4) is 0 Å². The highest BCUT2D eigenvalue weighted by molar-refractivity contribution is 7.89. The lowest BCUT2D eigenvalue weighted by molar-refractivity contribution is 0.102. The second-order valence-corrected chi connectivity index (χ2v) is 9.10. The van der Waals surface area contributed by atoms with Crippen LogP contribution in [0.5, 0.6) is 5.75 Å². The van der Waals surface area contributed by atoms with Gasteiger partial charge in [0.05, 0.1) is 7.11 Å². The van der Waals surface area contributed by atoms with Crippen LogP contribution in [0.15, 0.2) is 41.3 Å². The molecule has 1 saturated heterocycles. The van der Waals surface area contributed by atoms with E-state index in [2.05, 4.69) is 5.32 Å². The Morgan fingerprint density at radius 2 is 1.97 bits per heavy atom. The molecular weight excluding hydrogens is 395 g/mol. The number of ether oxygens (including phenoxy) is 1. The molecular formula is C21H25FN2O4S. The summed E-state index contributed by atoms with van der Waals surface area (Å²) in [7, 11) is -2.44. The maximum atomic E-state index is 13.5. The number of carbonyl (C=O) groups is 1. The van der Waals surface area contributed by atoms with E-state index in [0.29, 0.717) is 17.8 Å². The maximum Gasteiger partial charge on any atom is 0.255 e. The van der Waals surface area contributed by atoms with Crippen LogP contribution in [-0.2, 0) is 10.0 Å². The summed E-state index contributed by atoms with van der Waals surface area (Å²) < 4.78 is 46.8. The first-order valence-electron chi connectivity index (χ1n) is 9.51. The minimum Gasteiger partial charge on any atom is -0.495 e. The van der Waals surface area contributed by atoms with Gasteiger partial charge in [-0.2, -0.15) is 4.31 Å². The molecule has 0 saturated carbocycles. The average Bonchev–Trinajstić information content (AvgIpc) is 2.70. The van der Waals surface area contributed by atoms with Gasteiger partial charge in [-0.25, -0.2) is 12.8 Å². The van der Waals surface area contributed by atoms with E-state index in [9.17, 15) is 17.6 Å². The summed E-state index contributed by atoms with van der Waals surface area (Å²) in [6.07, 6.45) is 2.57. The van der Waals surface area contributed by atoms with Crippen LogP contribution in [0.25, 0.3) is 0 Å². The fourth-order valence-electron chi connectivity index (χ4n) is 3.50. The molecule has 0 spiro atoms. The third-order valence-corrected chi connectivity index (χ3v) is 7.24. The number of piperidine rings is 1. The number of methoxy groups -OCH3 is 1. The molecule has 1 heterocycles. The van der Waals surface area contributed by atoms with Crippen molar-refractivity contribution in [2.45, 2.75) is 44.0 Å². The second-order valence-electron chi connectivity index (χ2n) is 7.24. The van der Waals surface area contributed by atoms with Gasteiger partial charge in [-0.3, -0.25) is 4.79 Å². The zero-order valence-corrected chi connectivity index (χ0v) is 17.6. The van der Waals surface area contributed by atoms with Gasteiger partial charge in [0.1, 0.15) is 16.5 Å². The summed E-state index contributed by atoms with van der Waals surface area (Å²) in [5.74, 6) is -0.811. The Morgan fingerprint density at radius 3 is 2.66 bits per heavy atom. The minimum atomic E-state index is -3.83. The molecule has 2 aromatic carbocycles. The van der Waals surface area contributed by atoms with Crippen LogP contribution >= 0.6 is 0 Å². The van der Waals surface area contributed by atoms with Crippen molar-refractivity contribution in [3.05, 3.63) is 53.3 Å². The topological polar surface area (TPSA) is 75.7 Å². The van der Waals surface area contributed by atoms with E-state index >= 15 is 0 Å². The highest BCUT2D eigenvalue weighted by atomic mass is 32.2. The van der Waals surface area contributed by atoms with E-state index in [1.165, 1.54) is 41.7 Å². The number of amides is 1. The number of benzene rings is 2. The number of nitrogens with zero attached hydrogens (tertiary/aromatic N) is 1. The van der Waals surface area contributed by atoms with Gasteiger partial charge in [0.15, 0.2) is 0 Å². The molecule has 3 rings (SSSR count). The Kier molecular flexibility index (Phi) is 6.24. The fourth-order valence-corrected chi connectivity index (χ4v) is 5.38. The highest BCUT2D eigenvalue weighted by Crippen LogP contribution is 2.32. The Labute approximate surface area is 170 Å². The molecule has 0 radical (unpaired) electrons. The zero-order chi connectivity index (χ0) is 21.2. The Balaban J connectivity index is 1.96. The van der Waals surface area contributed by atoms with E-state index in [1.54, 1.807) is 13.0 Å². The van der Waals surface area contributed by atoms with Crippen LogP contribution in [0.4, 0.5) is 10.1 Å². The molecule has 0 aliphatic carbocycles. The quantitative estimate of drug-likeness (QED) is 0.795. The summed E-state index contributed by atoms with van der Waals surface area (Å²) in [6, 6.07) is 8.25. The maximum absolute atomic E-state index is 13.5. The first-order valence-corrected chi connectivity index (χ1v) is 11.0. The van der Waals surface area contributed by atoms with E-state index < -0.39 is 21.7 Å². The van der Waals surface area contributed by atoms with E-state index in [0.717, 1.165) is 19.3 Å². The fraction of sp³-hybridized carbons (Fsp3) is 0.381. The number of rotatable bonds is 5. The van der Waals surface area contributed by atoms with E-state index in [4.69, 9.17) is 4.74 Å². The molecule has 1 fully saturated rings. The van der Waals surface area contributed by atoms with Crippen molar-refractivity contribution in [3.8, 4) is 5.75 Å². The molecule has 6 nitrogen and oxygen atoms in total. The lowest BCUT2D eigenvalue weighted by Gasteiger charge is -2.32. The number of aryl methyl sites for hydroxylation is 1.